The molecular formula is C13H17F3N4O. The molecule has 1 aliphatic heterocycles. The van der Waals surface area contributed by atoms with Crippen LogP contribution in [0, 0.1) is 5.92 Å². The normalized spacial score (nSPS) is 15.2. The fourth-order valence-corrected chi connectivity index (χ4v) is 2.05. The maximum Gasteiger partial charge on any atom is 0.573 e. The lowest BCUT2D eigenvalue weighted by Gasteiger charge is -2.22. The van der Waals surface area contributed by atoms with Crippen molar-refractivity contribution in [2.24, 2.45) is 11.0 Å². The largest absolute Gasteiger partial charge is 0.573 e. The van der Waals surface area contributed by atoms with Gasteiger partial charge in [-0.15, -0.1) is 23.8 Å². The van der Waals surface area contributed by atoms with Gasteiger partial charge in [0.05, 0.1) is 5.69 Å². The zero-order valence-electron chi connectivity index (χ0n) is 12.0. The average molecular weight is 302 g/mol. The zero-order chi connectivity index (χ0) is 15.6. The molecule has 116 valence electrons. The molecule has 0 spiro atoms. The summed E-state index contributed by atoms with van der Waals surface area (Å²) in [7, 11) is 1.72. The summed E-state index contributed by atoms with van der Waals surface area (Å²) in [6.07, 6.45) is -2.51. The van der Waals surface area contributed by atoms with Gasteiger partial charge in [-0.05, 0) is 36.1 Å². The number of nitrogens with one attached hydrogen (secondary N) is 1. The SMILES string of the molecule is CC(C)Cc1cc(OC(F)(F)F)ccc1N1C=NN(C)N1. The Labute approximate surface area is 120 Å². The highest BCUT2D eigenvalue weighted by Gasteiger charge is 2.31. The Kier molecular flexibility index (Phi) is 4.26. The van der Waals surface area contributed by atoms with Crippen molar-refractivity contribution in [1.29, 1.82) is 0 Å². The fraction of sp³-hybridized carbons (Fsp3) is 0.462. The van der Waals surface area contributed by atoms with Crippen LogP contribution in [0.25, 0.3) is 0 Å². The van der Waals surface area contributed by atoms with Crippen molar-refractivity contribution in [1.82, 2.24) is 10.7 Å². The molecule has 1 aromatic rings. The van der Waals surface area contributed by atoms with E-state index < -0.39 is 6.36 Å². The molecule has 21 heavy (non-hydrogen) atoms. The number of ether oxygens (including phenoxy) is 1. The molecule has 1 aliphatic rings. The summed E-state index contributed by atoms with van der Waals surface area (Å²) in [5.41, 5.74) is 4.43. The minimum atomic E-state index is -4.69. The Morgan fingerprint density at radius 1 is 1.33 bits per heavy atom. The molecule has 8 heteroatoms. The van der Waals surface area contributed by atoms with E-state index in [0.717, 1.165) is 11.3 Å². The van der Waals surface area contributed by atoms with Gasteiger partial charge in [0.15, 0.2) is 0 Å². The Bertz CT molecular complexity index is 531. The highest BCUT2D eigenvalue weighted by Crippen LogP contribution is 2.30. The first-order valence-corrected chi connectivity index (χ1v) is 6.46. The van der Waals surface area contributed by atoms with Crippen LogP contribution in [0.4, 0.5) is 18.9 Å². The van der Waals surface area contributed by atoms with Crippen molar-refractivity contribution >= 4 is 12.0 Å². The quantitative estimate of drug-likeness (QED) is 0.928. The van der Waals surface area contributed by atoms with Crippen LogP contribution in [0.2, 0.25) is 0 Å². The number of halogens is 3. The van der Waals surface area contributed by atoms with Gasteiger partial charge in [0.2, 0.25) is 0 Å². The molecule has 1 N–H and O–H groups in total. The van der Waals surface area contributed by atoms with Gasteiger partial charge >= 0.3 is 6.36 Å². The van der Waals surface area contributed by atoms with E-state index in [1.54, 1.807) is 24.5 Å². The van der Waals surface area contributed by atoms with E-state index in [0.29, 0.717) is 12.3 Å². The molecule has 5 nitrogen and oxygen atoms in total. The highest BCUT2D eigenvalue weighted by atomic mass is 19.4. The van der Waals surface area contributed by atoms with E-state index in [1.807, 2.05) is 13.8 Å². The van der Waals surface area contributed by atoms with Crippen LogP contribution in [0.5, 0.6) is 5.75 Å². The number of hydrogen-bond acceptors (Lipinski definition) is 5. The second-order valence-corrected chi connectivity index (χ2v) is 5.16. The topological polar surface area (TPSA) is 40.1 Å². The van der Waals surface area contributed by atoms with Gasteiger partial charge in [0.25, 0.3) is 0 Å². The molecule has 0 aliphatic carbocycles. The number of rotatable bonds is 4. The van der Waals surface area contributed by atoms with E-state index in [2.05, 4.69) is 15.4 Å². The number of anilines is 1. The molecule has 2 rings (SSSR count). The summed E-state index contributed by atoms with van der Waals surface area (Å²) < 4.78 is 40.9. The van der Waals surface area contributed by atoms with Crippen molar-refractivity contribution in [2.45, 2.75) is 26.6 Å². The summed E-state index contributed by atoms with van der Waals surface area (Å²) in [6.45, 7) is 4.00. The van der Waals surface area contributed by atoms with Crippen LogP contribution in [0.3, 0.4) is 0 Å². The van der Waals surface area contributed by atoms with Crippen molar-refractivity contribution in [2.75, 3.05) is 12.1 Å². The van der Waals surface area contributed by atoms with Crippen molar-refractivity contribution in [3.63, 3.8) is 0 Å². The van der Waals surface area contributed by atoms with Crippen LogP contribution in [0.15, 0.2) is 23.3 Å². The zero-order valence-corrected chi connectivity index (χ0v) is 12.0. The van der Waals surface area contributed by atoms with E-state index >= 15 is 0 Å². The summed E-state index contributed by atoms with van der Waals surface area (Å²) in [4.78, 5) is 0. The maximum absolute atomic E-state index is 12.3. The summed E-state index contributed by atoms with van der Waals surface area (Å²) >= 11 is 0. The first kappa shape index (κ1) is 15.4. The third-order valence-corrected chi connectivity index (χ3v) is 2.77. The summed E-state index contributed by atoms with van der Waals surface area (Å²) in [5, 5.41) is 7.16. The molecule has 0 bridgehead atoms. The predicted molar refractivity (Wildman–Crippen MR) is 73.5 cm³/mol. The van der Waals surface area contributed by atoms with Crippen molar-refractivity contribution in [3.8, 4) is 5.75 Å². The summed E-state index contributed by atoms with van der Waals surface area (Å²) in [6, 6.07) is 4.29. The third-order valence-electron chi connectivity index (χ3n) is 2.77. The van der Waals surface area contributed by atoms with Crippen molar-refractivity contribution < 1.29 is 17.9 Å². The number of nitrogens with zero attached hydrogens (tertiary/aromatic N) is 3. The van der Waals surface area contributed by atoms with Crippen LogP contribution >= 0.6 is 0 Å². The number of hydrogen-bond donors (Lipinski definition) is 1. The van der Waals surface area contributed by atoms with Gasteiger partial charge in [0, 0.05) is 7.05 Å². The molecular weight excluding hydrogens is 285 g/mol. The Hall–Kier alpha value is -1.96. The molecule has 0 unspecified atom stereocenters. The minimum Gasteiger partial charge on any atom is -0.406 e. The van der Waals surface area contributed by atoms with Gasteiger partial charge in [-0.25, -0.2) is 10.1 Å². The third kappa shape index (κ3) is 4.25. The fourth-order valence-electron chi connectivity index (χ4n) is 2.05. The lowest BCUT2D eigenvalue weighted by Crippen LogP contribution is -2.39. The van der Waals surface area contributed by atoms with Gasteiger partial charge in [-0.3, -0.25) is 0 Å². The first-order chi connectivity index (χ1) is 9.74. The van der Waals surface area contributed by atoms with E-state index in [1.165, 1.54) is 17.3 Å². The average Bonchev–Trinajstić information content (AvgIpc) is 2.73. The second-order valence-electron chi connectivity index (χ2n) is 5.16. The molecule has 0 fully saturated rings. The number of hydrazine groups is 2. The number of hydrazone groups is 1. The van der Waals surface area contributed by atoms with Crippen LogP contribution < -0.4 is 15.3 Å². The molecule has 0 radical (unpaired) electrons. The Morgan fingerprint density at radius 2 is 2.05 bits per heavy atom. The molecule has 0 atom stereocenters. The van der Waals surface area contributed by atoms with E-state index in [9.17, 15) is 13.2 Å². The minimum absolute atomic E-state index is 0.216. The van der Waals surface area contributed by atoms with Gasteiger partial charge in [0.1, 0.15) is 12.1 Å². The predicted octanol–water partition coefficient (Wildman–Crippen LogP) is 2.90. The van der Waals surface area contributed by atoms with Crippen molar-refractivity contribution in [3.05, 3.63) is 23.8 Å². The smallest absolute Gasteiger partial charge is 0.406 e. The van der Waals surface area contributed by atoms with Gasteiger partial charge in [-0.2, -0.15) is 0 Å². The molecule has 0 amide bonds. The Balaban J connectivity index is 2.29. The summed E-state index contributed by atoms with van der Waals surface area (Å²) in [5.74, 6) is 0.0774. The monoisotopic (exact) mass is 302 g/mol. The molecule has 0 saturated heterocycles. The van der Waals surface area contributed by atoms with Gasteiger partial charge in [-0.1, -0.05) is 13.8 Å². The second kappa shape index (κ2) is 5.80. The van der Waals surface area contributed by atoms with Crippen LogP contribution in [-0.2, 0) is 6.42 Å². The van der Waals surface area contributed by atoms with Gasteiger partial charge < -0.3 is 4.74 Å². The number of benzene rings is 1. The van der Waals surface area contributed by atoms with Crippen LogP contribution in [-0.4, -0.2) is 24.9 Å². The lowest BCUT2D eigenvalue weighted by atomic mass is 10.0. The molecule has 0 aromatic heterocycles. The maximum atomic E-state index is 12.3. The molecule has 1 heterocycles. The number of alkyl halides is 3. The highest BCUT2D eigenvalue weighted by molar-refractivity contribution is 5.80. The first-order valence-electron chi connectivity index (χ1n) is 6.46. The van der Waals surface area contributed by atoms with E-state index in [4.69, 9.17) is 0 Å². The molecule has 1 aromatic carbocycles. The molecule has 0 saturated carbocycles. The van der Waals surface area contributed by atoms with Crippen LogP contribution in [0.1, 0.15) is 19.4 Å². The standard InChI is InChI=1S/C13H17F3N4O/c1-9(2)6-10-7-11(21-13(14,15)16)4-5-12(10)20-8-17-19(3)18-20/h4-5,7-9,18H,6H2,1-3H3. The lowest BCUT2D eigenvalue weighted by molar-refractivity contribution is -0.274. The Morgan fingerprint density at radius 3 is 2.57 bits per heavy atom. The van der Waals surface area contributed by atoms with E-state index in [-0.39, 0.29) is 5.75 Å².